The van der Waals surface area contributed by atoms with Crippen LogP contribution in [0.1, 0.15) is 39.5 Å². The first kappa shape index (κ1) is 13.7. The molecule has 0 radical (unpaired) electrons. The molecular formula is C10H19ClFNO. The SMILES string of the molecule is CCCCN(CCCC)C(=O)C(F)Cl. The monoisotopic (exact) mass is 223 g/mol. The average molecular weight is 224 g/mol. The van der Waals surface area contributed by atoms with Crippen molar-refractivity contribution in [3.8, 4) is 0 Å². The van der Waals surface area contributed by atoms with Crippen LogP contribution < -0.4 is 0 Å². The van der Waals surface area contributed by atoms with Crippen LogP contribution in [-0.2, 0) is 4.79 Å². The van der Waals surface area contributed by atoms with Crippen LogP contribution in [0.4, 0.5) is 4.39 Å². The van der Waals surface area contributed by atoms with Crippen molar-refractivity contribution >= 4 is 17.5 Å². The highest BCUT2D eigenvalue weighted by atomic mass is 35.5. The average Bonchev–Trinajstić information content (AvgIpc) is 2.17. The minimum absolute atomic E-state index is 0.589. The zero-order chi connectivity index (χ0) is 11.0. The molecule has 0 bridgehead atoms. The summed E-state index contributed by atoms with van der Waals surface area (Å²) in [6, 6.07) is 0. The van der Waals surface area contributed by atoms with E-state index in [0.29, 0.717) is 13.1 Å². The molecule has 1 amide bonds. The van der Waals surface area contributed by atoms with Gasteiger partial charge in [0.15, 0.2) is 0 Å². The van der Waals surface area contributed by atoms with Crippen LogP contribution in [0.15, 0.2) is 0 Å². The summed E-state index contributed by atoms with van der Waals surface area (Å²) in [7, 11) is 0. The number of alkyl halides is 2. The van der Waals surface area contributed by atoms with Gasteiger partial charge in [-0.2, -0.15) is 0 Å². The molecule has 0 N–H and O–H groups in total. The van der Waals surface area contributed by atoms with Gasteiger partial charge in [-0.15, -0.1) is 0 Å². The molecule has 1 atom stereocenters. The van der Waals surface area contributed by atoms with Crippen LogP contribution in [0.5, 0.6) is 0 Å². The molecule has 0 saturated carbocycles. The van der Waals surface area contributed by atoms with E-state index in [0.717, 1.165) is 25.7 Å². The van der Waals surface area contributed by atoms with Crippen LogP contribution in [-0.4, -0.2) is 29.5 Å². The van der Waals surface area contributed by atoms with Crippen molar-refractivity contribution in [2.24, 2.45) is 0 Å². The molecule has 0 aliphatic carbocycles. The number of nitrogens with zero attached hydrogens (tertiary/aromatic N) is 1. The molecule has 0 spiro atoms. The maximum absolute atomic E-state index is 12.6. The summed E-state index contributed by atoms with van der Waals surface area (Å²) in [6.07, 6.45) is 3.79. The lowest BCUT2D eigenvalue weighted by molar-refractivity contribution is -0.133. The predicted octanol–water partition coefficient (Wildman–Crippen LogP) is 2.95. The standard InChI is InChI=1S/C10H19ClFNO/c1-3-5-7-13(8-6-4-2)10(14)9(11)12/h9H,3-8H2,1-2H3. The third kappa shape index (κ3) is 5.43. The van der Waals surface area contributed by atoms with Crippen molar-refractivity contribution in [3.63, 3.8) is 0 Å². The van der Waals surface area contributed by atoms with Gasteiger partial charge in [0.2, 0.25) is 0 Å². The first-order valence-corrected chi connectivity index (χ1v) is 5.64. The van der Waals surface area contributed by atoms with Crippen molar-refractivity contribution in [2.75, 3.05) is 13.1 Å². The number of amides is 1. The smallest absolute Gasteiger partial charge is 0.272 e. The Balaban J connectivity index is 4.01. The molecule has 0 aromatic rings. The van der Waals surface area contributed by atoms with Crippen molar-refractivity contribution in [3.05, 3.63) is 0 Å². The van der Waals surface area contributed by atoms with Gasteiger partial charge in [-0.1, -0.05) is 38.3 Å². The van der Waals surface area contributed by atoms with E-state index in [9.17, 15) is 9.18 Å². The lowest BCUT2D eigenvalue weighted by Crippen LogP contribution is -2.36. The van der Waals surface area contributed by atoms with Gasteiger partial charge in [-0.3, -0.25) is 4.79 Å². The molecule has 0 aromatic heterocycles. The van der Waals surface area contributed by atoms with E-state index in [4.69, 9.17) is 11.6 Å². The molecule has 14 heavy (non-hydrogen) atoms. The Hall–Kier alpha value is -0.310. The molecule has 0 aromatic carbocycles. The summed E-state index contributed by atoms with van der Waals surface area (Å²) in [4.78, 5) is 12.8. The maximum atomic E-state index is 12.6. The van der Waals surface area contributed by atoms with E-state index >= 15 is 0 Å². The Labute approximate surface area is 90.4 Å². The van der Waals surface area contributed by atoms with Crippen LogP contribution in [0, 0.1) is 0 Å². The Kier molecular flexibility index (Phi) is 7.86. The van der Waals surface area contributed by atoms with Crippen molar-refractivity contribution in [2.45, 2.75) is 45.2 Å². The summed E-state index contributed by atoms with van der Waals surface area (Å²) in [5.41, 5.74) is -1.89. The zero-order valence-electron chi connectivity index (χ0n) is 8.93. The second kappa shape index (κ2) is 8.04. The van der Waals surface area contributed by atoms with Crippen LogP contribution in [0.25, 0.3) is 0 Å². The second-order valence-electron chi connectivity index (χ2n) is 3.33. The predicted molar refractivity (Wildman–Crippen MR) is 57.1 cm³/mol. The van der Waals surface area contributed by atoms with Crippen LogP contribution in [0.3, 0.4) is 0 Å². The van der Waals surface area contributed by atoms with Gasteiger partial charge in [0.05, 0.1) is 0 Å². The molecule has 1 unspecified atom stereocenters. The second-order valence-corrected chi connectivity index (χ2v) is 3.72. The number of carbonyl (C=O) groups is 1. The number of hydrogen-bond donors (Lipinski definition) is 0. The Bertz CT molecular complexity index is 156. The minimum Gasteiger partial charge on any atom is -0.339 e. The normalized spacial score (nSPS) is 12.6. The fourth-order valence-corrected chi connectivity index (χ4v) is 1.31. The van der Waals surface area contributed by atoms with Crippen LogP contribution in [0.2, 0.25) is 0 Å². The van der Waals surface area contributed by atoms with Gasteiger partial charge in [-0.05, 0) is 12.8 Å². The molecule has 0 aliphatic rings. The van der Waals surface area contributed by atoms with Crippen molar-refractivity contribution in [1.82, 2.24) is 4.90 Å². The Morgan fingerprint density at radius 3 is 2.00 bits per heavy atom. The summed E-state index contributed by atoms with van der Waals surface area (Å²) < 4.78 is 12.6. The lowest BCUT2D eigenvalue weighted by atomic mass is 10.2. The van der Waals surface area contributed by atoms with Gasteiger partial charge >= 0.3 is 0 Å². The first-order chi connectivity index (χ1) is 6.63. The topological polar surface area (TPSA) is 20.3 Å². The zero-order valence-corrected chi connectivity index (χ0v) is 9.69. The molecule has 0 fully saturated rings. The van der Waals surface area contributed by atoms with E-state index in [1.54, 1.807) is 0 Å². The fraction of sp³-hybridized carbons (Fsp3) is 0.900. The van der Waals surface area contributed by atoms with E-state index in [1.807, 2.05) is 13.8 Å². The summed E-state index contributed by atoms with van der Waals surface area (Å²) >= 11 is 5.12. The number of unbranched alkanes of at least 4 members (excludes halogenated alkanes) is 2. The van der Waals surface area contributed by atoms with Crippen LogP contribution >= 0.6 is 11.6 Å². The quantitative estimate of drug-likeness (QED) is 0.608. The summed E-state index contributed by atoms with van der Waals surface area (Å²) in [5.74, 6) is -0.589. The molecule has 84 valence electrons. The Morgan fingerprint density at radius 1 is 1.29 bits per heavy atom. The number of halogens is 2. The molecule has 0 rings (SSSR count). The highest BCUT2D eigenvalue weighted by Gasteiger charge is 2.20. The number of carbonyl (C=O) groups excluding carboxylic acids is 1. The molecule has 0 saturated heterocycles. The molecular weight excluding hydrogens is 205 g/mol. The van der Waals surface area contributed by atoms with E-state index in [1.165, 1.54) is 4.90 Å². The van der Waals surface area contributed by atoms with Crippen molar-refractivity contribution in [1.29, 1.82) is 0 Å². The molecule has 2 nitrogen and oxygen atoms in total. The van der Waals surface area contributed by atoms with Gasteiger partial charge in [0.1, 0.15) is 0 Å². The van der Waals surface area contributed by atoms with E-state index < -0.39 is 11.5 Å². The molecule has 0 aliphatic heterocycles. The summed E-state index contributed by atoms with van der Waals surface area (Å²) in [5, 5.41) is 0. The van der Waals surface area contributed by atoms with Gasteiger partial charge in [0, 0.05) is 13.1 Å². The Morgan fingerprint density at radius 2 is 1.71 bits per heavy atom. The number of rotatable bonds is 7. The minimum atomic E-state index is -1.89. The summed E-state index contributed by atoms with van der Waals surface area (Å²) in [6.45, 7) is 5.30. The van der Waals surface area contributed by atoms with E-state index in [2.05, 4.69) is 0 Å². The van der Waals surface area contributed by atoms with Gasteiger partial charge in [0.25, 0.3) is 11.5 Å². The molecule has 0 heterocycles. The highest BCUT2D eigenvalue weighted by molar-refractivity contribution is 6.29. The fourth-order valence-electron chi connectivity index (χ4n) is 1.17. The maximum Gasteiger partial charge on any atom is 0.272 e. The third-order valence-electron chi connectivity index (χ3n) is 2.06. The van der Waals surface area contributed by atoms with E-state index in [-0.39, 0.29) is 0 Å². The lowest BCUT2D eigenvalue weighted by Gasteiger charge is -2.22. The highest BCUT2D eigenvalue weighted by Crippen LogP contribution is 2.07. The number of hydrogen-bond acceptors (Lipinski definition) is 1. The van der Waals surface area contributed by atoms with Gasteiger partial charge < -0.3 is 4.90 Å². The largest absolute Gasteiger partial charge is 0.339 e. The first-order valence-electron chi connectivity index (χ1n) is 5.20. The van der Waals surface area contributed by atoms with Crippen molar-refractivity contribution < 1.29 is 9.18 Å². The van der Waals surface area contributed by atoms with Gasteiger partial charge in [-0.25, -0.2) is 4.39 Å². The molecule has 4 heteroatoms. The third-order valence-corrected chi connectivity index (χ3v) is 2.25.